The molecule has 0 saturated heterocycles. The first-order valence-corrected chi connectivity index (χ1v) is 8.09. The van der Waals surface area contributed by atoms with E-state index in [1.807, 2.05) is 22.9 Å². The van der Waals surface area contributed by atoms with Crippen molar-refractivity contribution in [3.05, 3.63) is 59.9 Å². The van der Waals surface area contributed by atoms with Gasteiger partial charge in [0.25, 0.3) is 0 Å². The predicted molar refractivity (Wildman–Crippen MR) is 91.4 cm³/mol. The number of para-hydroxylation sites is 2. The molecule has 0 spiro atoms. The summed E-state index contributed by atoms with van der Waals surface area (Å²) in [4.78, 5) is 2.38. The van der Waals surface area contributed by atoms with Gasteiger partial charge in [0, 0.05) is 6.54 Å². The third-order valence-corrected chi connectivity index (χ3v) is 4.49. The zero-order chi connectivity index (χ0) is 16.5. The molecule has 1 aliphatic rings. The van der Waals surface area contributed by atoms with Crippen LogP contribution in [-0.2, 0) is 6.54 Å². The van der Waals surface area contributed by atoms with Gasteiger partial charge in [-0.1, -0.05) is 31.2 Å². The summed E-state index contributed by atoms with van der Waals surface area (Å²) < 4.78 is 7.11. The van der Waals surface area contributed by atoms with Gasteiger partial charge in [-0.05, 0) is 46.7 Å². The average Bonchev–Trinajstić information content (AvgIpc) is 3.12. The highest BCUT2D eigenvalue weighted by Gasteiger charge is 2.32. The zero-order valence-electron chi connectivity index (χ0n) is 13.8. The molecule has 0 aliphatic carbocycles. The molecule has 4 rings (SSSR count). The van der Waals surface area contributed by atoms with Gasteiger partial charge in [-0.2, -0.15) is 4.68 Å². The number of anilines is 1. The highest BCUT2D eigenvalue weighted by molar-refractivity contribution is 5.66. The Morgan fingerprint density at radius 3 is 2.50 bits per heavy atom. The Labute approximate surface area is 140 Å². The van der Waals surface area contributed by atoms with Crippen molar-refractivity contribution >= 4 is 5.69 Å². The number of rotatable bonds is 4. The molecule has 0 bridgehead atoms. The monoisotopic (exact) mass is 321 g/mol. The van der Waals surface area contributed by atoms with Gasteiger partial charge in [-0.15, -0.1) is 5.10 Å². The summed E-state index contributed by atoms with van der Waals surface area (Å²) in [5, 5.41) is 12.3. The molecular formula is C18H19N5O. The van der Waals surface area contributed by atoms with Crippen LogP contribution in [0.15, 0.2) is 48.5 Å². The Kier molecular flexibility index (Phi) is 3.65. The maximum absolute atomic E-state index is 5.25. The number of benzene rings is 2. The van der Waals surface area contributed by atoms with Crippen LogP contribution < -0.4 is 9.64 Å². The minimum absolute atomic E-state index is 0.150. The van der Waals surface area contributed by atoms with Gasteiger partial charge in [0.05, 0.1) is 24.5 Å². The van der Waals surface area contributed by atoms with Gasteiger partial charge in [0.2, 0.25) is 0 Å². The van der Waals surface area contributed by atoms with Crippen LogP contribution in [0.25, 0.3) is 5.69 Å². The fourth-order valence-electron chi connectivity index (χ4n) is 3.29. The third-order valence-electron chi connectivity index (χ3n) is 4.49. The first-order valence-electron chi connectivity index (χ1n) is 8.09. The normalized spacial score (nSPS) is 15.8. The number of methoxy groups -OCH3 is 1. The minimum Gasteiger partial charge on any atom is -0.497 e. The van der Waals surface area contributed by atoms with Crippen LogP contribution in [0.1, 0.15) is 30.8 Å². The predicted octanol–water partition coefficient (Wildman–Crippen LogP) is 3.14. The van der Waals surface area contributed by atoms with E-state index in [9.17, 15) is 0 Å². The summed E-state index contributed by atoms with van der Waals surface area (Å²) in [5.74, 6) is 1.76. The Hall–Kier alpha value is -2.89. The second-order valence-electron chi connectivity index (χ2n) is 5.84. The molecule has 2 aromatic carbocycles. The molecule has 0 amide bonds. The van der Waals surface area contributed by atoms with Gasteiger partial charge in [-0.25, -0.2) is 0 Å². The fraction of sp³-hybridized carbons (Fsp3) is 0.278. The fourth-order valence-corrected chi connectivity index (χ4v) is 3.29. The highest BCUT2D eigenvalue weighted by atomic mass is 16.5. The minimum atomic E-state index is 0.150. The van der Waals surface area contributed by atoms with Crippen molar-refractivity contribution in [3.8, 4) is 11.4 Å². The van der Waals surface area contributed by atoms with Gasteiger partial charge in [0.15, 0.2) is 5.82 Å². The molecule has 6 heteroatoms. The van der Waals surface area contributed by atoms with E-state index >= 15 is 0 Å². The number of hydrogen-bond donors (Lipinski definition) is 0. The van der Waals surface area contributed by atoms with Crippen molar-refractivity contribution < 1.29 is 4.74 Å². The number of aromatic nitrogens is 4. The first kappa shape index (κ1) is 14.7. The second kappa shape index (κ2) is 5.96. The van der Waals surface area contributed by atoms with Crippen molar-refractivity contribution in [1.82, 2.24) is 20.2 Å². The summed E-state index contributed by atoms with van der Waals surface area (Å²) in [6.07, 6.45) is 0.935. The Morgan fingerprint density at radius 2 is 1.79 bits per heavy atom. The van der Waals surface area contributed by atoms with E-state index in [0.29, 0.717) is 0 Å². The summed E-state index contributed by atoms with van der Waals surface area (Å²) in [6.45, 7) is 2.96. The van der Waals surface area contributed by atoms with Crippen molar-refractivity contribution in [3.63, 3.8) is 0 Å². The number of tetrazole rings is 1. The Bertz CT molecular complexity index is 843. The van der Waals surface area contributed by atoms with Crippen LogP contribution in [-0.4, -0.2) is 27.3 Å². The molecule has 0 N–H and O–H groups in total. The maximum atomic E-state index is 5.25. The van der Waals surface area contributed by atoms with Crippen LogP contribution in [0.5, 0.6) is 5.75 Å². The molecule has 1 aliphatic heterocycles. The van der Waals surface area contributed by atoms with Crippen molar-refractivity contribution in [2.75, 3.05) is 12.0 Å². The molecule has 0 saturated carbocycles. The van der Waals surface area contributed by atoms with Crippen LogP contribution in [0, 0.1) is 0 Å². The lowest BCUT2D eigenvalue weighted by Crippen LogP contribution is -2.34. The molecule has 0 radical (unpaired) electrons. The van der Waals surface area contributed by atoms with E-state index in [0.717, 1.165) is 35.9 Å². The van der Waals surface area contributed by atoms with Crippen LogP contribution in [0.4, 0.5) is 5.69 Å². The summed E-state index contributed by atoms with van der Waals surface area (Å²) in [6, 6.07) is 16.6. The molecule has 24 heavy (non-hydrogen) atoms. The number of nitrogens with zero attached hydrogens (tertiary/aromatic N) is 5. The first-order chi connectivity index (χ1) is 11.8. The smallest absolute Gasteiger partial charge is 0.179 e. The highest BCUT2D eigenvalue weighted by Crippen LogP contribution is 2.39. The lowest BCUT2D eigenvalue weighted by Gasteiger charge is -2.37. The topological polar surface area (TPSA) is 56.1 Å². The molecule has 2 heterocycles. The van der Waals surface area contributed by atoms with Crippen molar-refractivity contribution in [1.29, 1.82) is 0 Å². The Morgan fingerprint density at radius 1 is 1.04 bits per heavy atom. The maximum Gasteiger partial charge on any atom is 0.179 e. The number of fused-ring (bicyclic) bond motifs is 3. The lowest BCUT2D eigenvalue weighted by molar-refractivity contribution is 0.414. The van der Waals surface area contributed by atoms with Crippen LogP contribution in [0.3, 0.4) is 0 Å². The summed E-state index contributed by atoms with van der Waals surface area (Å²) >= 11 is 0. The molecule has 1 atom stereocenters. The van der Waals surface area contributed by atoms with Crippen molar-refractivity contribution in [2.45, 2.75) is 25.9 Å². The molecule has 122 valence electrons. The van der Waals surface area contributed by atoms with E-state index in [2.05, 4.69) is 57.7 Å². The SMILES string of the molecule is CCC1c2nnnn2-c2ccccc2N1Cc1ccc(OC)cc1. The van der Waals surface area contributed by atoms with E-state index < -0.39 is 0 Å². The van der Waals surface area contributed by atoms with Gasteiger partial charge in [0.1, 0.15) is 5.75 Å². The van der Waals surface area contributed by atoms with E-state index in [4.69, 9.17) is 4.74 Å². The number of hydrogen-bond acceptors (Lipinski definition) is 5. The number of ether oxygens (including phenoxy) is 1. The Balaban J connectivity index is 1.75. The lowest BCUT2D eigenvalue weighted by atomic mass is 10.0. The average molecular weight is 321 g/mol. The largest absolute Gasteiger partial charge is 0.497 e. The van der Waals surface area contributed by atoms with E-state index in [1.54, 1.807) is 7.11 Å². The molecule has 1 aromatic heterocycles. The standard InChI is InChI=1S/C18H19N5O/c1-3-15-18-19-20-21-23(18)17-7-5-4-6-16(17)22(15)12-13-8-10-14(24-2)11-9-13/h4-11,15H,3,12H2,1-2H3. The van der Waals surface area contributed by atoms with Gasteiger partial charge in [-0.3, -0.25) is 0 Å². The zero-order valence-corrected chi connectivity index (χ0v) is 13.8. The van der Waals surface area contributed by atoms with Crippen LogP contribution >= 0.6 is 0 Å². The van der Waals surface area contributed by atoms with Gasteiger partial charge < -0.3 is 9.64 Å². The quantitative estimate of drug-likeness (QED) is 0.739. The summed E-state index contributed by atoms with van der Waals surface area (Å²) in [7, 11) is 1.68. The molecular weight excluding hydrogens is 302 g/mol. The second-order valence-corrected chi connectivity index (χ2v) is 5.84. The van der Waals surface area contributed by atoms with Crippen LogP contribution in [0.2, 0.25) is 0 Å². The van der Waals surface area contributed by atoms with Crippen molar-refractivity contribution in [2.24, 2.45) is 0 Å². The molecule has 3 aromatic rings. The molecule has 1 unspecified atom stereocenters. The third kappa shape index (κ3) is 2.31. The molecule has 6 nitrogen and oxygen atoms in total. The van der Waals surface area contributed by atoms with E-state index in [1.165, 1.54) is 5.56 Å². The summed E-state index contributed by atoms with van der Waals surface area (Å²) in [5.41, 5.74) is 3.40. The van der Waals surface area contributed by atoms with Gasteiger partial charge >= 0.3 is 0 Å². The van der Waals surface area contributed by atoms with E-state index in [-0.39, 0.29) is 6.04 Å². The molecule has 0 fully saturated rings.